The highest BCUT2D eigenvalue weighted by Crippen LogP contribution is 2.28. The molecule has 3 rings (SSSR count). The minimum absolute atomic E-state index is 0.0926. The number of aromatic nitrogens is 2. The number of rotatable bonds is 5. The number of benzene rings is 1. The van der Waals surface area contributed by atoms with Gasteiger partial charge in [-0.3, -0.25) is 14.2 Å². The average Bonchev–Trinajstić information content (AvgIpc) is 2.95. The number of hydrogen-bond donors (Lipinski definition) is 0. The number of hydrogen-bond acceptors (Lipinski definition) is 6. The van der Waals surface area contributed by atoms with Crippen LogP contribution in [0.2, 0.25) is 0 Å². The lowest BCUT2D eigenvalue weighted by Crippen LogP contribution is -2.33. The van der Waals surface area contributed by atoms with E-state index in [9.17, 15) is 14.4 Å². The normalized spacial score (nSPS) is 15.8. The van der Waals surface area contributed by atoms with E-state index >= 15 is 0 Å². The second-order valence-corrected chi connectivity index (χ2v) is 6.70. The topological polar surface area (TPSA) is 81.5 Å². The van der Waals surface area contributed by atoms with Crippen LogP contribution in [-0.4, -0.2) is 45.2 Å². The van der Waals surface area contributed by atoms with Crippen LogP contribution in [0.4, 0.5) is 0 Å². The van der Waals surface area contributed by atoms with Crippen LogP contribution in [0.5, 0.6) is 0 Å². The molecule has 1 aliphatic heterocycles. The van der Waals surface area contributed by atoms with Gasteiger partial charge >= 0.3 is 5.97 Å². The zero-order chi connectivity index (χ0) is 18.7. The predicted molar refractivity (Wildman–Crippen MR) is 99.6 cm³/mol. The molecular formula is C18H19N3O4S. The maximum atomic E-state index is 12.7. The maximum Gasteiger partial charge on any atom is 0.333 e. The third kappa shape index (κ3) is 3.65. The molecular weight excluding hydrogens is 354 g/mol. The Bertz CT molecular complexity index is 951. The second kappa shape index (κ2) is 7.74. The van der Waals surface area contributed by atoms with Crippen molar-refractivity contribution in [3.8, 4) is 0 Å². The summed E-state index contributed by atoms with van der Waals surface area (Å²) in [6, 6.07) is 7.18. The lowest BCUT2D eigenvalue weighted by atomic mass is 10.2. The fraction of sp³-hybridized carbons (Fsp3) is 0.333. The van der Waals surface area contributed by atoms with Crippen LogP contribution in [-0.2, 0) is 20.9 Å². The molecule has 1 amide bonds. The molecule has 1 aliphatic rings. The molecule has 0 N–H and O–H groups in total. The van der Waals surface area contributed by atoms with Gasteiger partial charge in [0.2, 0.25) is 5.91 Å². The number of amides is 1. The van der Waals surface area contributed by atoms with Gasteiger partial charge in [-0.25, -0.2) is 9.78 Å². The first-order chi connectivity index (χ1) is 12.5. The maximum absolute atomic E-state index is 12.7. The van der Waals surface area contributed by atoms with Crippen molar-refractivity contribution in [3.05, 3.63) is 51.5 Å². The van der Waals surface area contributed by atoms with Crippen molar-refractivity contribution in [1.82, 2.24) is 14.5 Å². The van der Waals surface area contributed by atoms with Gasteiger partial charge in [0.1, 0.15) is 5.82 Å². The first kappa shape index (κ1) is 18.2. The third-order valence-corrected chi connectivity index (χ3v) is 5.06. The number of ether oxygens (including phenoxy) is 1. The van der Waals surface area contributed by atoms with Crippen molar-refractivity contribution < 1.29 is 14.3 Å². The summed E-state index contributed by atoms with van der Waals surface area (Å²) in [5.41, 5.74) is 0.519. The number of para-hydroxylation sites is 1. The van der Waals surface area contributed by atoms with Gasteiger partial charge in [-0.1, -0.05) is 23.9 Å². The molecule has 136 valence electrons. The van der Waals surface area contributed by atoms with Crippen LogP contribution < -0.4 is 5.56 Å². The lowest BCUT2D eigenvalue weighted by molar-refractivity contribution is -0.137. The first-order valence-corrected chi connectivity index (χ1v) is 9.27. The molecule has 0 radical (unpaired) electrons. The van der Waals surface area contributed by atoms with Gasteiger partial charge in [0.25, 0.3) is 5.56 Å². The standard InChI is InChI=1S/C18H19N3O4S/c1-3-25-17(23)10-16-21(15(22)11-26-16)9-8-20-12(2)19-14-7-5-4-6-13(14)18(20)24/h4-7,10H,3,8-9,11H2,1-2H3/b16-10-. The van der Waals surface area contributed by atoms with E-state index < -0.39 is 5.97 Å². The van der Waals surface area contributed by atoms with Crippen LogP contribution in [0.1, 0.15) is 12.7 Å². The fourth-order valence-corrected chi connectivity index (χ4v) is 3.75. The Morgan fingerprint density at radius 1 is 1.31 bits per heavy atom. The number of carbonyl (C=O) groups excluding carboxylic acids is 2. The van der Waals surface area contributed by atoms with Gasteiger partial charge in [0.05, 0.1) is 34.4 Å². The highest BCUT2D eigenvalue weighted by atomic mass is 32.2. The molecule has 0 aliphatic carbocycles. The average molecular weight is 373 g/mol. The Kier molecular flexibility index (Phi) is 5.41. The SMILES string of the molecule is CCOC(=O)/C=C1\SCC(=O)N1CCn1c(C)nc2ccccc2c1=O. The Morgan fingerprint density at radius 3 is 2.85 bits per heavy atom. The van der Waals surface area contributed by atoms with Crippen LogP contribution in [0, 0.1) is 6.92 Å². The summed E-state index contributed by atoms with van der Waals surface area (Å²) < 4.78 is 6.46. The van der Waals surface area contributed by atoms with E-state index in [0.29, 0.717) is 28.3 Å². The minimum Gasteiger partial charge on any atom is -0.463 e. The first-order valence-electron chi connectivity index (χ1n) is 8.29. The van der Waals surface area contributed by atoms with E-state index in [2.05, 4.69) is 4.98 Å². The summed E-state index contributed by atoms with van der Waals surface area (Å²) in [4.78, 5) is 42.5. The van der Waals surface area contributed by atoms with Crippen molar-refractivity contribution in [2.45, 2.75) is 20.4 Å². The van der Waals surface area contributed by atoms with E-state index in [4.69, 9.17) is 4.74 Å². The number of thioether (sulfide) groups is 1. The summed E-state index contributed by atoms with van der Waals surface area (Å²) in [6.45, 7) is 4.36. The van der Waals surface area contributed by atoms with Gasteiger partial charge < -0.3 is 9.64 Å². The number of nitrogens with zero attached hydrogens (tertiary/aromatic N) is 3. The van der Waals surface area contributed by atoms with Gasteiger partial charge in [0, 0.05) is 13.1 Å². The Balaban J connectivity index is 1.83. The summed E-state index contributed by atoms with van der Waals surface area (Å²) in [6.07, 6.45) is 1.33. The summed E-state index contributed by atoms with van der Waals surface area (Å²) >= 11 is 1.29. The monoisotopic (exact) mass is 373 g/mol. The molecule has 2 aromatic rings. The van der Waals surface area contributed by atoms with Crippen molar-refractivity contribution in [3.63, 3.8) is 0 Å². The number of carbonyl (C=O) groups is 2. The summed E-state index contributed by atoms with van der Waals surface area (Å²) in [5, 5.41) is 1.09. The molecule has 0 bridgehead atoms. The zero-order valence-corrected chi connectivity index (χ0v) is 15.4. The molecule has 1 saturated heterocycles. The Morgan fingerprint density at radius 2 is 2.08 bits per heavy atom. The van der Waals surface area contributed by atoms with E-state index in [0.717, 1.165) is 0 Å². The van der Waals surface area contributed by atoms with Crippen molar-refractivity contribution in [1.29, 1.82) is 0 Å². The van der Waals surface area contributed by atoms with E-state index in [1.165, 1.54) is 22.7 Å². The van der Waals surface area contributed by atoms with Gasteiger partial charge in [-0.2, -0.15) is 0 Å². The van der Waals surface area contributed by atoms with Crippen molar-refractivity contribution >= 4 is 34.5 Å². The zero-order valence-electron chi connectivity index (χ0n) is 14.6. The van der Waals surface area contributed by atoms with Gasteiger partial charge in [0.15, 0.2) is 0 Å². The molecule has 0 spiro atoms. The molecule has 1 aromatic heterocycles. The largest absolute Gasteiger partial charge is 0.463 e. The Hall–Kier alpha value is -2.61. The molecule has 1 aromatic carbocycles. The third-order valence-electron chi connectivity index (χ3n) is 4.04. The quantitative estimate of drug-likeness (QED) is 0.586. The molecule has 0 unspecified atom stereocenters. The van der Waals surface area contributed by atoms with E-state index in [1.54, 1.807) is 36.6 Å². The summed E-state index contributed by atoms with van der Waals surface area (Å²) in [5.74, 6) is 0.291. The summed E-state index contributed by atoms with van der Waals surface area (Å²) in [7, 11) is 0. The van der Waals surface area contributed by atoms with Gasteiger partial charge in [-0.15, -0.1) is 0 Å². The van der Waals surface area contributed by atoms with Crippen molar-refractivity contribution in [2.75, 3.05) is 18.9 Å². The molecule has 26 heavy (non-hydrogen) atoms. The number of aryl methyl sites for hydroxylation is 1. The number of esters is 1. The van der Waals surface area contributed by atoms with Gasteiger partial charge in [-0.05, 0) is 26.0 Å². The number of fused-ring (bicyclic) bond motifs is 1. The van der Waals surface area contributed by atoms with Crippen molar-refractivity contribution in [2.24, 2.45) is 0 Å². The van der Waals surface area contributed by atoms with Crippen LogP contribution >= 0.6 is 11.8 Å². The minimum atomic E-state index is -0.476. The fourth-order valence-electron chi connectivity index (χ4n) is 2.80. The molecule has 0 saturated carbocycles. The molecule has 0 atom stereocenters. The Labute approximate surface area is 154 Å². The molecule has 8 heteroatoms. The van der Waals surface area contributed by atoms with Crippen LogP contribution in [0.25, 0.3) is 10.9 Å². The molecule has 7 nitrogen and oxygen atoms in total. The van der Waals surface area contributed by atoms with Crippen LogP contribution in [0.15, 0.2) is 40.2 Å². The van der Waals surface area contributed by atoms with E-state index in [1.807, 2.05) is 6.07 Å². The highest BCUT2D eigenvalue weighted by Gasteiger charge is 2.27. The smallest absolute Gasteiger partial charge is 0.333 e. The molecule has 1 fully saturated rings. The lowest BCUT2D eigenvalue weighted by Gasteiger charge is -2.18. The van der Waals surface area contributed by atoms with E-state index in [-0.39, 0.29) is 30.4 Å². The highest BCUT2D eigenvalue weighted by molar-refractivity contribution is 8.04. The molecule has 2 heterocycles. The second-order valence-electron chi connectivity index (χ2n) is 5.70. The predicted octanol–water partition coefficient (Wildman–Crippen LogP) is 1.68. The van der Waals surface area contributed by atoms with Crippen LogP contribution in [0.3, 0.4) is 0 Å².